The standard InChI is InChI=1S/C14H19NO2/c1-16-12-7-5-11(6-8-12)10-13(15)14-4-2-3-9-17-14/h4-8,13H,2-3,9-10,15H2,1H3. The molecule has 0 bridgehead atoms. The van der Waals surface area contributed by atoms with Gasteiger partial charge in [-0.25, -0.2) is 0 Å². The molecule has 0 fully saturated rings. The van der Waals surface area contributed by atoms with E-state index in [4.69, 9.17) is 15.2 Å². The first kappa shape index (κ1) is 12.0. The van der Waals surface area contributed by atoms with Crippen LogP contribution in [-0.2, 0) is 11.2 Å². The van der Waals surface area contributed by atoms with Crippen molar-refractivity contribution in [3.63, 3.8) is 0 Å². The molecule has 3 heteroatoms. The fraction of sp³-hybridized carbons (Fsp3) is 0.429. The maximum Gasteiger partial charge on any atom is 0.118 e. The normalized spacial score (nSPS) is 16.9. The second kappa shape index (κ2) is 5.73. The van der Waals surface area contributed by atoms with Crippen molar-refractivity contribution in [1.82, 2.24) is 0 Å². The van der Waals surface area contributed by atoms with Gasteiger partial charge in [-0.1, -0.05) is 12.1 Å². The van der Waals surface area contributed by atoms with Gasteiger partial charge in [0.2, 0.25) is 0 Å². The smallest absolute Gasteiger partial charge is 0.118 e. The zero-order valence-corrected chi connectivity index (χ0v) is 10.2. The highest BCUT2D eigenvalue weighted by Crippen LogP contribution is 2.17. The lowest BCUT2D eigenvalue weighted by molar-refractivity contribution is 0.175. The fourth-order valence-electron chi connectivity index (χ4n) is 1.95. The van der Waals surface area contributed by atoms with Gasteiger partial charge in [-0.2, -0.15) is 0 Å². The molecule has 2 N–H and O–H groups in total. The van der Waals surface area contributed by atoms with E-state index in [1.165, 1.54) is 5.56 Å². The Balaban J connectivity index is 1.97. The summed E-state index contributed by atoms with van der Waals surface area (Å²) in [6.45, 7) is 0.794. The summed E-state index contributed by atoms with van der Waals surface area (Å²) in [5.41, 5.74) is 7.33. The van der Waals surface area contributed by atoms with E-state index in [-0.39, 0.29) is 6.04 Å². The number of methoxy groups -OCH3 is 1. The van der Waals surface area contributed by atoms with E-state index in [0.29, 0.717) is 0 Å². The van der Waals surface area contributed by atoms with E-state index >= 15 is 0 Å². The van der Waals surface area contributed by atoms with Crippen LogP contribution in [0.3, 0.4) is 0 Å². The predicted octanol–water partition coefficient (Wildman–Crippen LogP) is 2.26. The van der Waals surface area contributed by atoms with Gasteiger partial charge >= 0.3 is 0 Å². The molecule has 92 valence electrons. The minimum atomic E-state index is -0.0382. The molecule has 17 heavy (non-hydrogen) atoms. The van der Waals surface area contributed by atoms with Crippen molar-refractivity contribution in [1.29, 1.82) is 0 Å². The summed E-state index contributed by atoms with van der Waals surface area (Å²) in [6, 6.07) is 7.96. The van der Waals surface area contributed by atoms with Crippen LogP contribution in [0, 0.1) is 0 Å². The maximum atomic E-state index is 6.13. The molecular weight excluding hydrogens is 214 g/mol. The van der Waals surface area contributed by atoms with Crippen LogP contribution >= 0.6 is 0 Å². The van der Waals surface area contributed by atoms with Crippen LogP contribution in [0.25, 0.3) is 0 Å². The first-order valence-electron chi connectivity index (χ1n) is 6.01. The molecular formula is C14H19NO2. The van der Waals surface area contributed by atoms with Crippen LogP contribution < -0.4 is 10.5 Å². The fourth-order valence-corrected chi connectivity index (χ4v) is 1.95. The molecule has 1 aromatic carbocycles. The highest BCUT2D eigenvalue weighted by molar-refractivity contribution is 5.28. The Kier molecular flexibility index (Phi) is 4.04. The van der Waals surface area contributed by atoms with Crippen LogP contribution in [0.5, 0.6) is 5.75 Å². The third kappa shape index (κ3) is 3.24. The number of nitrogens with two attached hydrogens (primary N) is 1. The first-order valence-corrected chi connectivity index (χ1v) is 6.01. The third-order valence-corrected chi connectivity index (χ3v) is 2.94. The van der Waals surface area contributed by atoms with Crippen molar-refractivity contribution in [2.75, 3.05) is 13.7 Å². The molecule has 1 aliphatic rings. The van der Waals surface area contributed by atoms with Crippen molar-refractivity contribution >= 4 is 0 Å². The molecule has 0 saturated carbocycles. The second-order valence-corrected chi connectivity index (χ2v) is 4.26. The summed E-state index contributed by atoms with van der Waals surface area (Å²) in [7, 11) is 1.67. The quantitative estimate of drug-likeness (QED) is 0.867. The van der Waals surface area contributed by atoms with Crippen LogP contribution in [0.2, 0.25) is 0 Å². The van der Waals surface area contributed by atoms with Crippen molar-refractivity contribution in [2.24, 2.45) is 5.73 Å². The molecule has 1 aromatic rings. The van der Waals surface area contributed by atoms with Crippen molar-refractivity contribution < 1.29 is 9.47 Å². The highest BCUT2D eigenvalue weighted by Gasteiger charge is 2.13. The van der Waals surface area contributed by atoms with Gasteiger partial charge in [0.25, 0.3) is 0 Å². The summed E-state index contributed by atoms with van der Waals surface area (Å²) in [6.07, 6.45) is 5.08. The van der Waals surface area contributed by atoms with Crippen molar-refractivity contribution in [2.45, 2.75) is 25.3 Å². The first-order chi connectivity index (χ1) is 8.29. The summed E-state index contributed by atoms with van der Waals surface area (Å²) < 4.78 is 10.7. The zero-order valence-electron chi connectivity index (χ0n) is 10.2. The maximum absolute atomic E-state index is 6.13. The molecule has 0 aromatic heterocycles. The average Bonchev–Trinajstić information content (AvgIpc) is 2.40. The summed E-state index contributed by atoms with van der Waals surface area (Å²) in [5, 5.41) is 0. The molecule has 1 aliphatic heterocycles. The zero-order chi connectivity index (χ0) is 12.1. The predicted molar refractivity (Wildman–Crippen MR) is 67.9 cm³/mol. The number of allylic oxidation sites excluding steroid dienone is 1. The van der Waals surface area contributed by atoms with Gasteiger partial charge < -0.3 is 15.2 Å². The average molecular weight is 233 g/mol. The van der Waals surface area contributed by atoms with E-state index < -0.39 is 0 Å². The summed E-state index contributed by atoms with van der Waals surface area (Å²) >= 11 is 0. The summed E-state index contributed by atoms with van der Waals surface area (Å²) in [5.74, 6) is 1.81. The lowest BCUT2D eigenvalue weighted by atomic mass is 10.0. The number of benzene rings is 1. The monoisotopic (exact) mass is 233 g/mol. The second-order valence-electron chi connectivity index (χ2n) is 4.26. The molecule has 0 amide bonds. The minimum absolute atomic E-state index is 0.0382. The largest absolute Gasteiger partial charge is 0.497 e. The number of hydrogen-bond donors (Lipinski definition) is 1. The number of rotatable bonds is 4. The lowest BCUT2D eigenvalue weighted by Crippen LogP contribution is -2.28. The van der Waals surface area contributed by atoms with Gasteiger partial charge in [0.15, 0.2) is 0 Å². The Morgan fingerprint density at radius 2 is 2.12 bits per heavy atom. The van der Waals surface area contributed by atoms with Gasteiger partial charge in [0.1, 0.15) is 11.5 Å². The molecule has 0 radical (unpaired) electrons. The molecule has 2 rings (SSSR count). The Labute approximate surface area is 102 Å². The molecule has 1 atom stereocenters. The molecule has 0 aliphatic carbocycles. The van der Waals surface area contributed by atoms with Gasteiger partial charge in [-0.15, -0.1) is 0 Å². The lowest BCUT2D eigenvalue weighted by Gasteiger charge is -2.20. The van der Waals surface area contributed by atoms with E-state index in [2.05, 4.69) is 6.08 Å². The van der Waals surface area contributed by atoms with Crippen molar-refractivity contribution in [3.8, 4) is 5.75 Å². The third-order valence-electron chi connectivity index (χ3n) is 2.94. The van der Waals surface area contributed by atoms with E-state index in [9.17, 15) is 0 Å². The Morgan fingerprint density at radius 3 is 2.71 bits per heavy atom. The molecule has 1 heterocycles. The van der Waals surface area contributed by atoms with Crippen LogP contribution in [-0.4, -0.2) is 19.8 Å². The minimum Gasteiger partial charge on any atom is -0.497 e. The van der Waals surface area contributed by atoms with E-state index in [1.54, 1.807) is 7.11 Å². The van der Waals surface area contributed by atoms with Crippen molar-refractivity contribution in [3.05, 3.63) is 41.7 Å². The van der Waals surface area contributed by atoms with Crippen LogP contribution in [0.4, 0.5) is 0 Å². The van der Waals surface area contributed by atoms with Crippen LogP contribution in [0.15, 0.2) is 36.1 Å². The Hall–Kier alpha value is -1.48. The highest BCUT2D eigenvalue weighted by atomic mass is 16.5. The number of ether oxygens (including phenoxy) is 2. The molecule has 3 nitrogen and oxygen atoms in total. The molecule has 0 spiro atoms. The van der Waals surface area contributed by atoms with Gasteiger partial charge in [0.05, 0.1) is 19.8 Å². The summed E-state index contributed by atoms with van der Waals surface area (Å²) in [4.78, 5) is 0. The Morgan fingerprint density at radius 1 is 1.35 bits per heavy atom. The molecule has 0 saturated heterocycles. The van der Waals surface area contributed by atoms with Gasteiger partial charge in [-0.05, 0) is 43.0 Å². The molecule has 1 unspecified atom stereocenters. The topological polar surface area (TPSA) is 44.5 Å². The Bertz CT molecular complexity index is 384. The van der Waals surface area contributed by atoms with Gasteiger partial charge in [0, 0.05) is 0 Å². The van der Waals surface area contributed by atoms with Gasteiger partial charge in [-0.3, -0.25) is 0 Å². The van der Waals surface area contributed by atoms with E-state index in [1.807, 2.05) is 24.3 Å². The van der Waals surface area contributed by atoms with Crippen LogP contribution in [0.1, 0.15) is 18.4 Å². The SMILES string of the molecule is COc1ccc(CC(N)C2=CCCCO2)cc1. The number of hydrogen-bond acceptors (Lipinski definition) is 3. The van der Waals surface area contributed by atoms with E-state index in [0.717, 1.165) is 37.4 Å².